The van der Waals surface area contributed by atoms with E-state index in [1.54, 1.807) is 13.1 Å². The van der Waals surface area contributed by atoms with Gasteiger partial charge in [-0.1, -0.05) is 12.8 Å². The highest BCUT2D eigenvalue weighted by Crippen LogP contribution is 2.37. The number of aliphatic imine (C=N–C) groups is 1. The van der Waals surface area contributed by atoms with Crippen LogP contribution in [0.4, 0.5) is 0 Å². The Labute approximate surface area is 179 Å². The van der Waals surface area contributed by atoms with Gasteiger partial charge in [0.25, 0.3) is 0 Å². The van der Waals surface area contributed by atoms with Gasteiger partial charge < -0.3 is 9.47 Å². The van der Waals surface area contributed by atoms with Gasteiger partial charge in [0.2, 0.25) is 0 Å². The number of hydrogen-bond donors (Lipinski definition) is 1. The Kier molecular flexibility index (Phi) is 7.01. The molecule has 7 nitrogen and oxygen atoms in total. The van der Waals surface area contributed by atoms with Gasteiger partial charge in [-0.05, 0) is 71.8 Å². The number of hydrogen-bond acceptors (Lipinski definition) is 7. The van der Waals surface area contributed by atoms with Gasteiger partial charge in [-0.2, -0.15) is 0 Å². The molecule has 1 atom stereocenters. The van der Waals surface area contributed by atoms with Gasteiger partial charge in [0.15, 0.2) is 0 Å². The quantitative estimate of drug-likeness (QED) is 0.661. The third-order valence-corrected chi connectivity index (χ3v) is 5.96. The Morgan fingerprint density at radius 1 is 1.23 bits per heavy atom. The van der Waals surface area contributed by atoms with Crippen molar-refractivity contribution in [2.75, 3.05) is 6.61 Å². The molecule has 2 aliphatic heterocycles. The second-order valence-corrected chi connectivity index (χ2v) is 9.40. The molecule has 0 saturated heterocycles. The number of carbonyl (C=O) groups is 2. The van der Waals surface area contributed by atoms with Crippen LogP contribution in [0.3, 0.4) is 0 Å². The highest BCUT2D eigenvalue weighted by molar-refractivity contribution is 6.10. The molecule has 0 amide bonds. The number of fused-ring (bicyclic) bond motifs is 1. The first-order valence-corrected chi connectivity index (χ1v) is 11.1. The molecule has 1 unspecified atom stereocenters. The lowest BCUT2D eigenvalue weighted by molar-refractivity contribution is -0.155. The highest BCUT2D eigenvalue weighted by atomic mass is 16.6. The first kappa shape index (κ1) is 22.5. The van der Waals surface area contributed by atoms with Crippen LogP contribution in [0, 0.1) is 11.8 Å². The summed E-state index contributed by atoms with van der Waals surface area (Å²) in [6, 6.07) is 0.209. The lowest BCUT2D eigenvalue weighted by Crippen LogP contribution is -2.42. The van der Waals surface area contributed by atoms with E-state index in [1.807, 2.05) is 32.7 Å². The zero-order valence-corrected chi connectivity index (χ0v) is 18.9. The molecule has 0 aromatic heterocycles. The molecule has 3 rings (SSSR count). The normalized spacial score (nSPS) is 26.4. The molecule has 0 aromatic rings. The van der Waals surface area contributed by atoms with E-state index in [0.29, 0.717) is 30.4 Å². The van der Waals surface area contributed by atoms with Gasteiger partial charge in [-0.25, -0.2) is 15.2 Å². The van der Waals surface area contributed by atoms with E-state index in [9.17, 15) is 9.59 Å². The highest BCUT2D eigenvalue weighted by Gasteiger charge is 2.35. The van der Waals surface area contributed by atoms with Crippen LogP contribution in [0.1, 0.15) is 73.1 Å². The van der Waals surface area contributed by atoms with Crippen LogP contribution in [0.5, 0.6) is 0 Å². The first-order valence-electron chi connectivity index (χ1n) is 11.1. The predicted octanol–water partition coefficient (Wildman–Crippen LogP) is 3.87. The Hall–Kier alpha value is -2.15. The zero-order valence-electron chi connectivity index (χ0n) is 18.9. The second-order valence-electron chi connectivity index (χ2n) is 9.40. The average Bonchev–Trinajstić information content (AvgIpc) is 3.11. The number of hydrazine groups is 1. The van der Waals surface area contributed by atoms with Gasteiger partial charge in [-0.3, -0.25) is 9.80 Å². The number of esters is 2. The third kappa shape index (κ3) is 5.50. The maximum absolute atomic E-state index is 12.1. The minimum atomic E-state index is -0.412. The number of nitrogens with zero attached hydrogens (tertiary/aromatic N) is 2. The molecule has 0 bridgehead atoms. The molecule has 0 radical (unpaired) electrons. The van der Waals surface area contributed by atoms with Gasteiger partial charge in [-0.15, -0.1) is 0 Å². The third-order valence-electron chi connectivity index (χ3n) is 5.96. The molecule has 2 heterocycles. The molecular formula is C23H35N3O4. The Morgan fingerprint density at radius 2 is 1.93 bits per heavy atom. The van der Waals surface area contributed by atoms with Crippen molar-refractivity contribution < 1.29 is 19.1 Å². The van der Waals surface area contributed by atoms with Gasteiger partial charge >= 0.3 is 11.9 Å². The number of allylic oxidation sites excluding steroid dienone is 1. The fourth-order valence-corrected chi connectivity index (χ4v) is 4.40. The molecule has 0 aromatic carbocycles. The molecule has 0 spiro atoms. The lowest BCUT2D eigenvalue weighted by atomic mass is 9.77. The maximum atomic E-state index is 12.1. The summed E-state index contributed by atoms with van der Waals surface area (Å²) >= 11 is 0. The molecule has 3 aliphatic rings. The second kappa shape index (κ2) is 9.33. The molecular weight excluding hydrogens is 382 g/mol. The first-order chi connectivity index (χ1) is 14.2. The van der Waals surface area contributed by atoms with E-state index >= 15 is 0 Å². The van der Waals surface area contributed by atoms with E-state index in [-0.39, 0.29) is 18.0 Å². The van der Waals surface area contributed by atoms with E-state index in [2.05, 4.69) is 16.5 Å². The van der Waals surface area contributed by atoms with Crippen molar-refractivity contribution in [3.63, 3.8) is 0 Å². The summed E-state index contributed by atoms with van der Waals surface area (Å²) in [5.74, 6) is 1.52. The summed E-state index contributed by atoms with van der Waals surface area (Å²) in [5.41, 5.74) is 4.42. The van der Waals surface area contributed by atoms with Crippen molar-refractivity contribution in [3.05, 3.63) is 23.2 Å². The number of carbonyl (C=O) groups excluding carboxylic acids is 2. The monoisotopic (exact) mass is 417 g/mol. The van der Waals surface area contributed by atoms with Crippen LogP contribution < -0.4 is 5.43 Å². The summed E-state index contributed by atoms with van der Waals surface area (Å²) in [6.07, 6.45) is 9.66. The SMILES string of the molecule is CCOC(=O)C1=C(C)N2NC(C3CCC(CCC(=O)OC(C)(C)C)CC3)C=C2N=C1. The largest absolute Gasteiger partial charge is 0.462 e. The fourth-order valence-electron chi connectivity index (χ4n) is 4.40. The Bertz CT molecular complexity index is 755. The number of nitrogens with one attached hydrogen (secondary N) is 1. The summed E-state index contributed by atoms with van der Waals surface area (Å²) in [5, 5.41) is 1.91. The van der Waals surface area contributed by atoms with Gasteiger partial charge in [0, 0.05) is 18.3 Å². The average molecular weight is 418 g/mol. The van der Waals surface area contributed by atoms with Crippen LogP contribution in [-0.2, 0) is 19.1 Å². The minimum absolute atomic E-state index is 0.0961. The summed E-state index contributed by atoms with van der Waals surface area (Å²) in [4.78, 5) is 28.5. The van der Waals surface area contributed by atoms with Crippen LogP contribution in [-0.4, -0.2) is 41.4 Å². The van der Waals surface area contributed by atoms with Crippen LogP contribution in [0.25, 0.3) is 0 Å². The summed E-state index contributed by atoms with van der Waals surface area (Å²) in [7, 11) is 0. The molecule has 7 heteroatoms. The van der Waals surface area contributed by atoms with Crippen molar-refractivity contribution in [2.45, 2.75) is 84.8 Å². The van der Waals surface area contributed by atoms with Crippen molar-refractivity contribution in [1.82, 2.24) is 10.4 Å². The van der Waals surface area contributed by atoms with Gasteiger partial charge in [0.05, 0.1) is 18.2 Å². The van der Waals surface area contributed by atoms with Crippen molar-refractivity contribution >= 4 is 18.2 Å². The maximum Gasteiger partial charge on any atom is 0.341 e. The van der Waals surface area contributed by atoms with Crippen LogP contribution in [0.2, 0.25) is 0 Å². The molecule has 1 aliphatic carbocycles. The molecule has 1 fully saturated rings. The topological polar surface area (TPSA) is 80.2 Å². The number of rotatable bonds is 6. The minimum Gasteiger partial charge on any atom is -0.462 e. The van der Waals surface area contributed by atoms with Crippen LogP contribution in [0.15, 0.2) is 28.2 Å². The fraction of sp³-hybridized carbons (Fsp3) is 0.696. The van der Waals surface area contributed by atoms with E-state index < -0.39 is 5.60 Å². The Morgan fingerprint density at radius 3 is 2.57 bits per heavy atom. The van der Waals surface area contributed by atoms with E-state index in [0.717, 1.165) is 43.6 Å². The number of ether oxygens (including phenoxy) is 2. The summed E-state index contributed by atoms with van der Waals surface area (Å²) < 4.78 is 10.6. The standard InChI is InChI=1S/C23H35N3O4/c1-6-29-22(28)18-14-24-20-13-19(25-26(20)15(18)2)17-10-7-16(8-11-17)9-12-21(27)30-23(3,4)5/h13-14,16-17,19,25H,6-12H2,1-5H3. The lowest BCUT2D eigenvalue weighted by Gasteiger charge is -2.33. The molecule has 30 heavy (non-hydrogen) atoms. The molecule has 166 valence electrons. The van der Waals surface area contributed by atoms with Crippen molar-refractivity contribution in [2.24, 2.45) is 16.8 Å². The smallest absolute Gasteiger partial charge is 0.341 e. The van der Waals surface area contributed by atoms with Crippen molar-refractivity contribution in [3.8, 4) is 0 Å². The van der Waals surface area contributed by atoms with E-state index in [4.69, 9.17) is 9.47 Å². The predicted molar refractivity (Wildman–Crippen MR) is 115 cm³/mol. The van der Waals surface area contributed by atoms with E-state index in [1.165, 1.54) is 0 Å². The molecule has 1 N–H and O–H groups in total. The Balaban J connectivity index is 1.49. The summed E-state index contributed by atoms with van der Waals surface area (Å²) in [6.45, 7) is 9.77. The zero-order chi connectivity index (χ0) is 21.9. The molecule has 1 saturated carbocycles. The van der Waals surface area contributed by atoms with Gasteiger partial charge in [0.1, 0.15) is 11.4 Å². The van der Waals surface area contributed by atoms with Crippen LogP contribution >= 0.6 is 0 Å². The van der Waals surface area contributed by atoms with Crippen molar-refractivity contribution in [1.29, 1.82) is 0 Å².